The molecule has 1 aromatic rings. The van der Waals surface area contributed by atoms with Crippen molar-refractivity contribution in [3.63, 3.8) is 0 Å². The van der Waals surface area contributed by atoms with Crippen LogP contribution >= 0.6 is 0 Å². The van der Waals surface area contributed by atoms with Crippen LogP contribution in [-0.2, 0) is 16.8 Å². The normalized spacial score (nSPS) is 11.6. The molecule has 0 saturated heterocycles. The molecule has 0 fully saturated rings. The number of nitrogens with zero attached hydrogens (tertiary/aromatic N) is 1. The van der Waals surface area contributed by atoms with E-state index in [0.29, 0.717) is 0 Å². The summed E-state index contributed by atoms with van der Waals surface area (Å²) in [4.78, 5) is 10.5. The van der Waals surface area contributed by atoms with Crippen molar-refractivity contribution in [3.8, 4) is 0 Å². The highest BCUT2D eigenvalue weighted by atomic mass is 16.4. The molecule has 1 N–H and O–H groups in total. The quantitative estimate of drug-likeness (QED) is 0.800. The molecule has 0 bridgehead atoms. The van der Waals surface area contributed by atoms with Crippen molar-refractivity contribution in [1.29, 1.82) is 0 Å². The minimum Gasteiger partial charge on any atom is -0.480 e. The third-order valence-electron chi connectivity index (χ3n) is 2.73. The lowest BCUT2D eigenvalue weighted by molar-refractivity contribution is -0.137. The van der Waals surface area contributed by atoms with Gasteiger partial charge in [-0.3, -0.25) is 4.79 Å². The molecule has 3 heteroatoms. The van der Waals surface area contributed by atoms with Gasteiger partial charge in [0.25, 0.3) is 0 Å². The van der Waals surface area contributed by atoms with E-state index in [1.54, 1.807) is 4.57 Å². The lowest BCUT2D eigenvalue weighted by atomic mass is 9.84. The van der Waals surface area contributed by atoms with Crippen molar-refractivity contribution in [2.24, 2.45) is 0 Å². The molecule has 0 radical (unpaired) electrons. The van der Waals surface area contributed by atoms with Crippen molar-refractivity contribution in [1.82, 2.24) is 4.57 Å². The van der Waals surface area contributed by atoms with Crippen LogP contribution in [0.2, 0.25) is 0 Å². The van der Waals surface area contributed by atoms with Crippen molar-refractivity contribution < 1.29 is 9.90 Å². The molecular weight excluding hydrogens is 178 g/mol. The van der Waals surface area contributed by atoms with E-state index in [2.05, 4.69) is 20.8 Å². The van der Waals surface area contributed by atoms with Crippen LogP contribution in [0.25, 0.3) is 0 Å². The Bertz CT molecular complexity index is 326. The molecule has 0 spiro atoms. The van der Waals surface area contributed by atoms with E-state index in [9.17, 15) is 4.79 Å². The molecule has 0 saturated carbocycles. The topological polar surface area (TPSA) is 42.2 Å². The van der Waals surface area contributed by atoms with Gasteiger partial charge >= 0.3 is 5.97 Å². The number of carbonyl (C=O) groups is 1. The predicted octanol–water partition coefficient (Wildman–Crippen LogP) is 2.26. The zero-order chi connectivity index (χ0) is 10.8. The van der Waals surface area contributed by atoms with Crippen LogP contribution < -0.4 is 0 Å². The fraction of sp³-hybridized carbons (Fsp3) is 0.545. The van der Waals surface area contributed by atoms with E-state index in [0.717, 1.165) is 6.42 Å². The van der Waals surface area contributed by atoms with Gasteiger partial charge in [0.15, 0.2) is 0 Å². The highest BCUT2D eigenvalue weighted by Gasteiger charge is 2.19. The molecule has 0 atom stereocenters. The summed E-state index contributed by atoms with van der Waals surface area (Å²) in [6.45, 7) is 6.50. The molecule has 1 rings (SSSR count). The lowest BCUT2D eigenvalue weighted by Crippen LogP contribution is -2.14. The summed E-state index contributed by atoms with van der Waals surface area (Å²) in [5, 5.41) is 8.62. The standard InChI is InChI=1S/C11H17NO2/c1-4-11(2,3)9-5-6-12(7-9)8-10(13)14/h5-7H,4,8H2,1-3H3,(H,13,14). The Morgan fingerprint density at radius 3 is 2.71 bits per heavy atom. The first kappa shape index (κ1) is 10.8. The van der Waals surface area contributed by atoms with Gasteiger partial charge in [-0.2, -0.15) is 0 Å². The van der Waals surface area contributed by atoms with E-state index in [1.165, 1.54) is 5.56 Å². The molecule has 0 aromatic carbocycles. The number of aliphatic carboxylic acids is 1. The van der Waals surface area contributed by atoms with Gasteiger partial charge in [0.05, 0.1) is 0 Å². The van der Waals surface area contributed by atoms with Crippen molar-refractivity contribution >= 4 is 5.97 Å². The Balaban J connectivity index is 2.82. The summed E-state index contributed by atoms with van der Waals surface area (Å²) in [6.07, 6.45) is 4.78. The molecule has 0 aliphatic carbocycles. The monoisotopic (exact) mass is 195 g/mol. The Morgan fingerprint density at radius 2 is 2.21 bits per heavy atom. The average Bonchev–Trinajstić information content (AvgIpc) is 2.52. The summed E-state index contributed by atoms with van der Waals surface area (Å²) < 4.78 is 1.70. The molecule has 1 aromatic heterocycles. The maximum Gasteiger partial charge on any atom is 0.323 e. The number of hydrogen-bond acceptors (Lipinski definition) is 1. The van der Waals surface area contributed by atoms with Gasteiger partial charge in [-0.25, -0.2) is 0 Å². The molecule has 1 heterocycles. The van der Waals surface area contributed by atoms with Crippen molar-refractivity contribution in [2.45, 2.75) is 39.2 Å². The molecule has 0 amide bonds. The molecule has 0 unspecified atom stereocenters. The molecular formula is C11H17NO2. The summed E-state index contributed by atoms with van der Waals surface area (Å²) in [5.74, 6) is -0.804. The second kappa shape index (κ2) is 3.86. The summed E-state index contributed by atoms with van der Waals surface area (Å²) >= 11 is 0. The zero-order valence-electron chi connectivity index (χ0n) is 8.95. The van der Waals surface area contributed by atoms with Gasteiger partial charge in [0, 0.05) is 12.4 Å². The van der Waals surface area contributed by atoms with Crippen LogP contribution in [0.4, 0.5) is 0 Å². The first-order valence-electron chi connectivity index (χ1n) is 4.84. The van der Waals surface area contributed by atoms with Crippen LogP contribution in [-0.4, -0.2) is 15.6 Å². The first-order chi connectivity index (χ1) is 6.45. The van der Waals surface area contributed by atoms with Gasteiger partial charge < -0.3 is 9.67 Å². The Hall–Kier alpha value is -1.25. The number of carboxylic acid groups (broad SMARTS) is 1. The maximum atomic E-state index is 10.5. The Labute approximate surface area is 84.4 Å². The maximum absolute atomic E-state index is 10.5. The van der Waals surface area contributed by atoms with Crippen LogP contribution in [0.5, 0.6) is 0 Å². The lowest BCUT2D eigenvalue weighted by Gasteiger charge is -2.21. The minimum atomic E-state index is -0.804. The summed E-state index contributed by atoms with van der Waals surface area (Å²) in [6, 6.07) is 1.99. The van der Waals surface area contributed by atoms with E-state index >= 15 is 0 Å². The molecule has 0 aliphatic heterocycles. The highest BCUT2D eigenvalue weighted by molar-refractivity contribution is 5.66. The highest BCUT2D eigenvalue weighted by Crippen LogP contribution is 2.26. The minimum absolute atomic E-state index is 0.0415. The van der Waals surface area contributed by atoms with Gasteiger partial charge in [-0.1, -0.05) is 20.8 Å². The van der Waals surface area contributed by atoms with Gasteiger partial charge in [0.2, 0.25) is 0 Å². The number of rotatable bonds is 4. The van der Waals surface area contributed by atoms with Crippen LogP contribution in [0.3, 0.4) is 0 Å². The second-order valence-corrected chi connectivity index (χ2v) is 4.20. The van der Waals surface area contributed by atoms with Crippen LogP contribution in [0.1, 0.15) is 32.8 Å². The van der Waals surface area contributed by atoms with E-state index in [4.69, 9.17) is 5.11 Å². The fourth-order valence-electron chi connectivity index (χ4n) is 1.30. The second-order valence-electron chi connectivity index (χ2n) is 4.20. The van der Waals surface area contributed by atoms with E-state index in [-0.39, 0.29) is 12.0 Å². The average molecular weight is 195 g/mol. The van der Waals surface area contributed by atoms with Crippen LogP contribution in [0, 0.1) is 0 Å². The summed E-state index contributed by atoms with van der Waals surface area (Å²) in [7, 11) is 0. The summed E-state index contributed by atoms with van der Waals surface area (Å²) in [5.41, 5.74) is 1.32. The van der Waals surface area contributed by atoms with Gasteiger partial charge in [0.1, 0.15) is 6.54 Å². The van der Waals surface area contributed by atoms with Crippen molar-refractivity contribution in [3.05, 3.63) is 24.0 Å². The smallest absolute Gasteiger partial charge is 0.323 e. The molecule has 0 aliphatic rings. The number of hydrogen-bond donors (Lipinski definition) is 1. The third kappa shape index (κ3) is 2.37. The van der Waals surface area contributed by atoms with E-state index < -0.39 is 5.97 Å². The van der Waals surface area contributed by atoms with Crippen LogP contribution in [0.15, 0.2) is 18.5 Å². The first-order valence-corrected chi connectivity index (χ1v) is 4.84. The molecule has 78 valence electrons. The number of aromatic nitrogens is 1. The van der Waals surface area contributed by atoms with E-state index in [1.807, 2.05) is 18.5 Å². The third-order valence-corrected chi connectivity index (χ3v) is 2.73. The van der Waals surface area contributed by atoms with Crippen molar-refractivity contribution in [2.75, 3.05) is 0 Å². The molecule has 14 heavy (non-hydrogen) atoms. The Morgan fingerprint density at radius 1 is 1.57 bits per heavy atom. The van der Waals surface area contributed by atoms with Gasteiger partial charge in [-0.05, 0) is 23.5 Å². The number of carboxylic acids is 1. The Kier molecular flexibility index (Phi) is 2.99. The SMILES string of the molecule is CCC(C)(C)c1ccn(CC(=O)O)c1. The zero-order valence-corrected chi connectivity index (χ0v) is 8.95. The molecule has 3 nitrogen and oxygen atoms in total. The predicted molar refractivity (Wildman–Crippen MR) is 55.4 cm³/mol. The largest absolute Gasteiger partial charge is 0.480 e. The fourth-order valence-corrected chi connectivity index (χ4v) is 1.30. The van der Waals surface area contributed by atoms with Gasteiger partial charge in [-0.15, -0.1) is 0 Å².